The second kappa shape index (κ2) is 6.87. The Hall–Kier alpha value is -2.98. The maximum absolute atomic E-state index is 12.9. The first-order valence-corrected chi connectivity index (χ1v) is 8.64. The largest absolute Gasteiger partial charge is 0.497 e. The molecule has 2 rings (SSSR count). The molecule has 0 aliphatic heterocycles. The number of carboxylic acid groups (broad SMARTS) is 1. The summed E-state index contributed by atoms with van der Waals surface area (Å²) >= 11 is 0. The van der Waals surface area contributed by atoms with Gasteiger partial charge >= 0.3 is 5.97 Å². The van der Waals surface area contributed by atoms with Gasteiger partial charge in [-0.1, -0.05) is 5.92 Å². The van der Waals surface area contributed by atoms with Crippen LogP contribution in [-0.2, 0) is 10.0 Å². The van der Waals surface area contributed by atoms with Gasteiger partial charge in [0.25, 0.3) is 10.0 Å². The highest BCUT2D eigenvalue weighted by atomic mass is 32.2. The molecule has 7 heteroatoms. The van der Waals surface area contributed by atoms with E-state index in [1.165, 1.54) is 50.6 Å². The first-order chi connectivity index (χ1) is 11.7. The fourth-order valence-electron chi connectivity index (χ4n) is 2.46. The van der Waals surface area contributed by atoms with Crippen LogP contribution in [0.1, 0.15) is 21.5 Å². The smallest absolute Gasteiger partial charge is 0.337 e. The average molecular weight is 359 g/mol. The molecular weight excluding hydrogens is 342 g/mol. The van der Waals surface area contributed by atoms with Crippen molar-refractivity contribution in [3.63, 3.8) is 0 Å². The van der Waals surface area contributed by atoms with Gasteiger partial charge in [-0.3, -0.25) is 4.31 Å². The Kier molecular flexibility index (Phi) is 5.04. The van der Waals surface area contributed by atoms with Crippen molar-refractivity contribution < 1.29 is 23.1 Å². The van der Waals surface area contributed by atoms with Gasteiger partial charge in [-0.05, 0) is 48.9 Å². The summed E-state index contributed by atoms with van der Waals surface area (Å²) in [5.41, 5.74) is 0.730. The molecule has 6 nitrogen and oxygen atoms in total. The third-order valence-corrected chi connectivity index (χ3v) is 5.62. The minimum atomic E-state index is -3.97. The van der Waals surface area contributed by atoms with Crippen LogP contribution in [0.3, 0.4) is 0 Å². The van der Waals surface area contributed by atoms with Gasteiger partial charge in [0.2, 0.25) is 0 Å². The second-order valence-electron chi connectivity index (χ2n) is 5.23. The number of methoxy groups -OCH3 is 1. The molecule has 0 aromatic heterocycles. The summed E-state index contributed by atoms with van der Waals surface area (Å²) in [5.74, 6) is 1.71. The molecule has 0 radical (unpaired) electrons. The number of ether oxygens (including phenoxy) is 1. The van der Waals surface area contributed by atoms with Crippen LogP contribution in [0, 0.1) is 19.3 Å². The lowest BCUT2D eigenvalue weighted by Gasteiger charge is -2.24. The molecule has 130 valence electrons. The van der Waals surface area contributed by atoms with Gasteiger partial charge in [0, 0.05) is 12.6 Å². The molecule has 0 saturated heterocycles. The number of hydrogen-bond donors (Lipinski definition) is 1. The monoisotopic (exact) mass is 359 g/mol. The van der Waals surface area contributed by atoms with Crippen LogP contribution in [0.2, 0.25) is 0 Å². The molecule has 1 N–H and O–H groups in total. The van der Waals surface area contributed by atoms with Gasteiger partial charge in [-0.2, -0.15) is 0 Å². The van der Waals surface area contributed by atoms with Gasteiger partial charge in [-0.15, -0.1) is 6.42 Å². The fourth-order valence-corrected chi connectivity index (χ4v) is 3.73. The molecule has 2 aromatic rings. The highest BCUT2D eigenvalue weighted by Crippen LogP contribution is 2.31. The van der Waals surface area contributed by atoms with Crippen molar-refractivity contribution in [2.24, 2.45) is 0 Å². The lowest BCUT2D eigenvalue weighted by molar-refractivity contribution is 0.0697. The van der Waals surface area contributed by atoms with E-state index in [-0.39, 0.29) is 16.1 Å². The van der Waals surface area contributed by atoms with E-state index in [4.69, 9.17) is 11.2 Å². The Labute approximate surface area is 146 Å². The third kappa shape index (κ3) is 3.30. The predicted octanol–water partition coefficient (Wildman–Crippen LogP) is 2.51. The number of carbonyl (C=O) groups is 1. The molecule has 2 aromatic carbocycles. The van der Waals surface area contributed by atoms with E-state index in [0.717, 1.165) is 4.31 Å². The number of carboxylic acids is 1. The van der Waals surface area contributed by atoms with Crippen LogP contribution in [0.15, 0.2) is 41.3 Å². The van der Waals surface area contributed by atoms with Crippen LogP contribution < -0.4 is 9.04 Å². The van der Waals surface area contributed by atoms with Crippen molar-refractivity contribution >= 4 is 21.7 Å². The van der Waals surface area contributed by atoms with Gasteiger partial charge in [0.15, 0.2) is 0 Å². The molecule has 0 atom stereocenters. The maximum Gasteiger partial charge on any atom is 0.337 e. The number of benzene rings is 2. The van der Waals surface area contributed by atoms with Crippen LogP contribution in [0.25, 0.3) is 0 Å². The summed E-state index contributed by atoms with van der Waals surface area (Å²) in [7, 11) is -1.20. The van der Waals surface area contributed by atoms with E-state index in [2.05, 4.69) is 5.92 Å². The zero-order valence-corrected chi connectivity index (χ0v) is 14.8. The molecular formula is C18H17NO5S. The lowest BCUT2D eigenvalue weighted by atomic mass is 10.0. The minimum absolute atomic E-state index is 0.0117. The van der Waals surface area contributed by atoms with E-state index >= 15 is 0 Å². The Balaban J connectivity index is 2.64. The lowest BCUT2D eigenvalue weighted by Crippen LogP contribution is -2.29. The van der Waals surface area contributed by atoms with E-state index in [0.29, 0.717) is 16.9 Å². The molecule has 0 unspecified atom stereocenters. The van der Waals surface area contributed by atoms with Crippen LogP contribution in [-0.4, -0.2) is 33.7 Å². The number of aromatic carboxylic acids is 1. The van der Waals surface area contributed by atoms with Gasteiger partial charge in [0.05, 0.1) is 23.3 Å². The van der Waals surface area contributed by atoms with E-state index in [1.54, 1.807) is 6.92 Å². The molecule has 0 aliphatic carbocycles. The SMILES string of the molecule is C#Cc1ccc(C(=O)O)c(N(C)S(=O)(=O)c2ccc(OC)cc2)c1C. The number of anilines is 1. The van der Waals surface area contributed by atoms with Crippen LogP contribution in [0.5, 0.6) is 5.75 Å². The van der Waals surface area contributed by atoms with Crippen molar-refractivity contribution in [1.29, 1.82) is 0 Å². The Morgan fingerprint density at radius 1 is 1.20 bits per heavy atom. The van der Waals surface area contributed by atoms with Crippen LogP contribution >= 0.6 is 0 Å². The molecule has 0 heterocycles. The van der Waals surface area contributed by atoms with Gasteiger partial charge in [-0.25, -0.2) is 13.2 Å². The van der Waals surface area contributed by atoms with E-state index in [1.807, 2.05) is 0 Å². The summed E-state index contributed by atoms with van der Waals surface area (Å²) in [6, 6.07) is 8.61. The van der Waals surface area contributed by atoms with Gasteiger partial charge in [0.1, 0.15) is 5.75 Å². The Morgan fingerprint density at radius 3 is 2.28 bits per heavy atom. The first-order valence-electron chi connectivity index (χ1n) is 7.20. The average Bonchev–Trinajstić information content (AvgIpc) is 2.60. The number of rotatable bonds is 5. The normalized spacial score (nSPS) is 10.8. The molecule has 0 saturated carbocycles. The topological polar surface area (TPSA) is 83.9 Å². The zero-order valence-electron chi connectivity index (χ0n) is 14.0. The summed E-state index contributed by atoms with van der Waals surface area (Å²) < 4.78 is 31.8. The zero-order chi connectivity index (χ0) is 18.8. The summed E-state index contributed by atoms with van der Waals surface area (Å²) in [6.07, 6.45) is 5.42. The Bertz CT molecular complexity index is 956. The van der Waals surface area contributed by atoms with Crippen molar-refractivity contribution in [3.8, 4) is 18.1 Å². The van der Waals surface area contributed by atoms with E-state index in [9.17, 15) is 18.3 Å². The summed E-state index contributed by atoms with van der Waals surface area (Å²) in [4.78, 5) is 11.5. The van der Waals surface area contributed by atoms with Crippen LogP contribution in [0.4, 0.5) is 5.69 Å². The van der Waals surface area contributed by atoms with E-state index < -0.39 is 16.0 Å². The second-order valence-corrected chi connectivity index (χ2v) is 7.20. The number of terminal acetylenes is 1. The Morgan fingerprint density at radius 2 is 1.80 bits per heavy atom. The molecule has 0 amide bonds. The first kappa shape index (κ1) is 18.4. The standard InChI is InChI=1S/C18H17NO5S/c1-5-13-6-11-16(18(20)21)17(12(13)2)19(3)25(22,23)15-9-7-14(24-4)8-10-15/h1,6-11H,2-4H3,(H,20,21). The minimum Gasteiger partial charge on any atom is -0.497 e. The fraction of sp³-hybridized carbons (Fsp3) is 0.167. The third-order valence-electron chi connectivity index (χ3n) is 3.85. The molecule has 0 spiro atoms. The molecule has 0 fully saturated rings. The van der Waals surface area contributed by atoms with Gasteiger partial charge < -0.3 is 9.84 Å². The highest BCUT2D eigenvalue weighted by molar-refractivity contribution is 7.92. The van der Waals surface area contributed by atoms with Crippen molar-refractivity contribution in [3.05, 3.63) is 53.1 Å². The highest BCUT2D eigenvalue weighted by Gasteiger charge is 2.27. The quantitative estimate of drug-likeness (QED) is 0.829. The molecule has 0 bridgehead atoms. The number of nitrogens with zero attached hydrogens (tertiary/aromatic N) is 1. The predicted molar refractivity (Wildman–Crippen MR) is 94.7 cm³/mol. The van der Waals surface area contributed by atoms with Crippen molar-refractivity contribution in [2.45, 2.75) is 11.8 Å². The number of sulfonamides is 1. The molecule has 0 aliphatic rings. The summed E-state index contributed by atoms with van der Waals surface area (Å²) in [6.45, 7) is 1.59. The summed E-state index contributed by atoms with van der Waals surface area (Å²) in [5, 5.41) is 9.42. The molecule has 25 heavy (non-hydrogen) atoms. The number of hydrogen-bond acceptors (Lipinski definition) is 4. The maximum atomic E-state index is 12.9. The van der Waals surface area contributed by atoms with Crippen molar-refractivity contribution in [2.75, 3.05) is 18.5 Å². The van der Waals surface area contributed by atoms with Crippen molar-refractivity contribution in [1.82, 2.24) is 0 Å².